The highest BCUT2D eigenvalue weighted by Crippen LogP contribution is 2.12. The van der Waals surface area contributed by atoms with Crippen LogP contribution in [0.25, 0.3) is 5.69 Å². The number of aryl methyl sites for hydroxylation is 1. The lowest BCUT2D eigenvalue weighted by Gasteiger charge is -2.01. The summed E-state index contributed by atoms with van der Waals surface area (Å²) in [7, 11) is 0. The normalized spacial score (nSPS) is 10.4. The third-order valence-electron chi connectivity index (χ3n) is 1.80. The summed E-state index contributed by atoms with van der Waals surface area (Å²) in [5.74, 6) is -0.124. The van der Waals surface area contributed by atoms with Crippen LogP contribution in [0.4, 0.5) is 10.3 Å². The van der Waals surface area contributed by atoms with Crippen molar-refractivity contribution in [1.29, 1.82) is 0 Å². The van der Waals surface area contributed by atoms with E-state index in [1.807, 2.05) is 6.92 Å². The van der Waals surface area contributed by atoms with Crippen molar-refractivity contribution in [1.82, 2.24) is 14.8 Å². The van der Waals surface area contributed by atoms with E-state index in [1.165, 1.54) is 23.1 Å². The predicted octanol–water partition coefficient (Wildman–Crippen LogP) is 1.30. The molecule has 2 aromatic rings. The number of nitrogens with two attached hydrogens (primary N) is 1. The Morgan fingerprint density at radius 3 is 2.71 bits per heavy atom. The average Bonchev–Trinajstić information content (AvgIpc) is 2.50. The number of halogens is 1. The van der Waals surface area contributed by atoms with E-state index in [-0.39, 0.29) is 11.8 Å². The Bertz CT molecular complexity index is 443. The summed E-state index contributed by atoms with van der Waals surface area (Å²) in [6, 6.07) is 4.63. The molecule has 0 bridgehead atoms. The summed E-state index contributed by atoms with van der Waals surface area (Å²) in [6.07, 6.45) is 1.45. The van der Waals surface area contributed by atoms with Crippen LogP contribution >= 0.6 is 0 Å². The number of rotatable bonds is 1. The highest BCUT2D eigenvalue weighted by molar-refractivity contribution is 5.35. The zero-order valence-electron chi connectivity index (χ0n) is 7.61. The van der Waals surface area contributed by atoms with E-state index in [2.05, 4.69) is 10.1 Å². The zero-order chi connectivity index (χ0) is 10.1. The summed E-state index contributed by atoms with van der Waals surface area (Å²) in [5, 5.41) is 3.88. The fraction of sp³-hybridized carbons (Fsp3) is 0.111. The predicted molar refractivity (Wildman–Crippen MR) is 50.5 cm³/mol. The summed E-state index contributed by atoms with van der Waals surface area (Å²) in [5.41, 5.74) is 6.80. The van der Waals surface area contributed by atoms with Crippen LogP contribution in [0.3, 0.4) is 0 Å². The number of nitrogen functional groups attached to an aromatic ring is 1. The third-order valence-corrected chi connectivity index (χ3v) is 1.80. The molecule has 0 aliphatic heterocycles. The van der Waals surface area contributed by atoms with Crippen LogP contribution in [0.1, 0.15) is 5.56 Å². The minimum absolute atomic E-state index is 0.173. The van der Waals surface area contributed by atoms with Crippen molar-refractivity contribution in [2.75, 3.05) is 5.73 Å². The molecule has 5 heteroatoms. The lowest BCUT2D eigenvalue weighted by Crippen LogP contribution is -1.97. The van der Waals surface area contributed by atoms with Crippen LogP contribution in [0.15, 0.2) is 24.5 Å². The first kappa shape index (κ1) is 8.68. The first-order valence-electron chi connectivity index (χ1n) is 4.10. The van der Waals surface area contributed by atoms with Crippen molar-refractivity contribution in [3.8, 4) is 5.69 Å². The quantitative estimate of drug-likeness (QED) is 0.740. The Balaban J connectivity index is 2.51. The SMILES string of the molecule is Cc1cc(F)cc(-n2cnc(N)n2)c1. The summed E-state index contributed by atoms with van der Waals surface area (Å²) in [4.78, 5) is 3.76. The number of aromatic nitrogens is 3. The fourth-order valence-corrected chi connectivity index (χ4v) is 1.25. The van der Waals surface area contributed by atoms with Crippen LogP contribution in [0.2, 0.25) is 0 Å². The van der Waals surface area contributed by atoms with E-state index in [9.17, 15) is 4.39 Å². The molecule has 0 aliphatic carbocycles. The molecule has 0 spiro atoms. The fourth-order valence-electron chi connectivity index (χ4n) is 1.25. The van der Waals surface area contributed by atoms with Gasteiger partial charge in [0.15, 0.2) is 0 Å². The van der Waals surface area contributed by atoms with Gasteiger partial charge in [-0.05, 0) is 30.7 Å². The molecule has 0 saturated carbocycles. The maximum Gasteiger partial charge on any atom is 0.239 e. The van der Waals surface area contributed by atoms with Gasteiger partial charge in [0, 0.05) is 0 Å². The summed E-state index contributed by atoms with van der Waals surface area (Å²) in [6.45, 7) is 1.81. The number of hydrogen-bond acceptors (Lipinski definition) is 3. The van der Waals surface area contributed by atoms with Crippen LogP contribution < -0.4 is 5.73 Å². The minimum atomic E-state index is -0.297. The van der Waals surface area contributed by atoms with Crippen molar-refractivity contribution >= 4 is 5.95 Å². The van der Waals surface area contributed by atoms with Gasteiger partial charge in [-0.3, -0.25) is 0 Å². The molecule has 14 heavy (non-hydrogen) atoms. The molecule has 0 amide bonds. The smallest absolute Gasteiger partial charge is 0.239 e. The number of benzene rings is 1. The van der Waals surface area contributed by atoms with Crippen molar-refractivity contribution in [3.05, 3.63) is 35.9 Å². The van der Waals surface area contributed by atoms with Gasteiger partial charge in [-0.25, -0.2) is 14.1 Å². The first-order valence-corrected chi connectivity index (χ1v) is 4.10. The number of nitrogens with zero attached hydrogens (tertiary/aromatic N) is 3. The minimum Gasteiger partial charge on any atom is -0.366 e. The van der Waals surface area contributed by atoms with Crippen molar-refractivity contribution in [2.24, 2.45) is 0 Å². The molecule has 0 radical (unpaired) electrons. The van der Waals surface area contributed by atoms with Gasteiger partial charge in [-0.15, -0.1) is 5.10 Å². The van der Waals surface area contributed by atoms with Crippen LogP contribution in [-0.4, -0.2) is 14.8 Å². The Hall–Kier alpha value is -1.91. The molecule has 0 atom stereocenters. The van der Waals surface area contributed by atoms with Crippen molar-refractivity contribution < 1.29 is 4.39 Å². The summed E-state index contributed by atoms with van der Waals surface area (Å²) < 4.78 is 14.5. The molecular weight excluding hydrogens is 183 g/mol. The lowest BCUT2D eigenvalue weighted by molar-refractivity contribution is 0.624. The molecule has 2 N–H and O–H groups in total. The van der Waals surface area contributed by atoms with Gasteiger partial charge in [0.1, 0.15) is 12.1 Å². The van der Waals surface area contributed by atoms with Gasteiger partial charge in [-0.1, -0.05) is 0 Å². The van der Waals surface area contributed by atoms with Gasteiger partial charge in [0.25, 0.3) is 0 Å². The third kappa shape index (κ3) is 1.56. The van der Waals surface area contributed by atoms with Gasteiger partial charge in [0.05, 0.1) is 5.69 Å². The Labute approximate surface area is 80.2 Å². The molecule has 1 aromatic carbocycles. The van der Waals surface area contributed by atoms with Gasteiger partial charge >= 0.3 is 0 Å². The second-order valence-electron chi connectivity index (χ2n) is 3.03. The molecule has 0 aliphatic rings. The molecule has 4 nitrogen and oxygen atoms in total. The largest absolute Gasteiger partial charge is 0.366 e. The van der Waals surface area contributed by atoms with E-state index >= 15 is 0 Å². The maximum absolute atomic E-state index is 13.0. The van der Waals surface area contributed by atoms with E-state index < -0.39 is 0 Å². The van der Waals surface area contributed by atoms with Crippen molar-refractivity contribution in [2.45, 2.75) is 6.92 Å². The average molecular weight is 192 g/mol. The highest BCUT2D eigenvalue weighted by Gasteiger charge is 2.02. The second kappa shape index (κ2) is 3.10. The molecular formula is C9H9FN4. The molecule has 1 heterocycles. The van der Waals surface area contributed by atoms with E-state index in [0.29, 0.717) is 5.69 Å². The van der Waals surface area contributed by atoms with Gasteiger partial charge in [-0.2, -0.15) is 0 Å². The van der Waals surface area contributed by atoms with Crippen LogP contribution in [-0.2, 0) is 0 Å². The molecule has 1 aromatic heterocycles. The molecule has 0 saturated heterocycles. The van der Waals surface area contributed by atoms with Crippen molar-refractivity contribution in [3.63, 3.8) is 0 Å². The molecule has 2 rings (SSSR count). The summed E-state index contributed by atoms with van der Waals surface area (Å²) >= 11 is 0. The first-order chi connectivity index (χ1) is 6.65. The number of hydrogen-bond donors (Lipinski definition) is 1. The van der Waals surface area contributed by atoms with E-state index in [0.717, 1.165) is 5.56 Å². The Kier molecular flexibility index (Phi) is 1.92. The van der Waals surface area contributed by atoms with Crippen LogP contribution in [0, 0.1) is 12.7 Å². The second-order valence-corrected chi connectivity index (χ2v) is 3.03. The maximum atomic E-state index is 13.0. The topological polar surface area (TPSA) is 56.7 Å². The monoisotopic (exact) mass is 192 g/mol. The lowest BCUT2D eigenvalue weighted by atomic mass is 10.2. The van der Waals surface area contributed by atoms with Gasteiger partial charge < -0.3 is 5.73 Å². The van der Waals surface area contributed by atoms with Crippen LogP contribution in [0.5, 0.6) is 0 Å². The molecule has 72 valence electrons. The Morgan fingerprint density at radius 1 is 1.36 bits per heavy atom. The Morgan fingerprint density at radius 2 is 2.14 bits per heavy atom. The van der Waals surface area contributed by atoms with E-state index in [1.54, 1.807) is 6.07 Å². The number of anilines is 1. The standard InChI is InChI=1S/C9H9FN4/c1-6-2-7(10)4-8(3-6)14-5-12-9(11)13-14/h2-5H,1H3,(H2,11,13). The highest BCUT2D eigenvalue weighted by atomic mass is 19.1. The van der Waals surface area contributed by atoms with E-state index in [4.69, 9.17) is 5.73 Å². The van der Waals surface area contributed by atoms with Gasteiger partial charge in [0.2, 0.25) is 5.95 Å². The molecule has 0 fully saturated rings. The molecule has 0 unspecified atom stereocenters. The zero-order valence-corrected chi connectivity index (χ0v) is 7.61.